The van der Waals surface area contributed by atoms with Crippen LogP contribution >= 0.6 is 0 Å². The van der Waals surface area contributed by atoms with Gasteiger partial charge >= 0.3 is 12.1 Å². The van der Waals surface area contributed by atoms with Gasteiger partial charge in [0.05, 0.1) is 43.5 Å². The number of methoxy groups -OCH3 is 2. The zero-order valence-corrected chi connectivity index (χ0v) is 26.2. The van der Waals surface area contributed by atoms with Crippen molar-refractivity contribution in [1.29, 1.82) is 0 Å². The lowest BCUT2D eigenvalue weighted by molar-refractivity contribution is -0.154. The molecule has 2 fully saturated rings. The smallest absolute Gasteiger partial charge is 0.410 e. The largest absolute Gasteiger partial charge is 0.469 e. The third-order valence-corrected chi connectivity index (χ3v) is 7.94. The zero-order chi connectivity index (χ0) is 29.9. The first-order valence-electron chi connectivity index (χ1n) is 14.8. The molecule has 0 aromatic rings. The van der Waals surface area contributed by atoms with Gasteiger partial charge in [0.25, 0.3) is 0 Å². The number of hydrogen-bond donors (Lipinski definition) is 1. The van der Waals surface area contributed by atoms with E-state index in [4.69, 9.17) is 23.7 Å². The van der Waals surface area contributed by atoms with Crippen molar-refractivity contribution in [3.63, 3.8) is 0 Å². The summed E-state index contributed by atoms with van der Waals surface area (Å²) < 4.78 is 29.1. The van der Waals surface area contributed by atoms with Crippen LogP contribution in [-0.4, -0.2) is 93.5 Å². The van der Waals surface area contributed by atoms with Crippen LogP contribution in [0.25, 0.3) is 0 Å². The van der Waals surface area contributed by atoms with Crippen LogP contribution in [-0.2, 0) is 28.5 Å². The normalized spacial score (nSPS) is 26.8. The molecule has 2 heterocycles. The van der Waals surface area contributed by atoms with Crippen LogP contribution in [0.4, 0.5) is 4.79 Å². The van der Waals surface area contributed by atoms with Crippen LogP contribution in [0.3, 0.4) is 0 Å². The van der Waals surface area contributed by atoms with Crippen molar-refractivity contribution >= 4 is 12.1 Å². The van der Waals surface area contributed by atoms with Crippen molar-refractivity contribution in [3.8, 4) is 0 Å². The van der Waals surface area contributed by atoms with E-state index in [9.17, 15) is 9.59 Å². The maximum Gasteiger partial charge on any atom is 0.410 e. The van der Waals surface area contributed by atoms with Crippen LogP contribution in [0.2, 0.25) is 0 Å². The number of rotatable bonds is 13. The molecule has 2 rings (SSSR count). The van der Waals surface area contributed by atoms with Gasteiger partial charge in [-0.1, -0.05) is 39.0 Å². The van der Waals surface area contributed by atoms with Gasteiger partial charge in [-0.15, -0.1) is 0 Å². The number of amides is 1. The molecule has 0 aliphatic carbocycles. The zero-order valence-electron chi connectivity index (χ0n) is 26.2. The van der Waals surface area contributed by atoms with E-state index in [2.05, 4.69) is 58.2 Å². The molecule has 0 aromatic carbocycles. The van der Waals surface area contributed by atoms with Crippen molar-refractivity contribution in [1.82, 2.24) is 10.2 Å². The third-order valence-electron chi connectivity index (χ3n) is 7.94. The molecule has 0 radical (unpaired) electrons. The Bertz CT molecular complexity index is 849. The lowest BCUT2D eigenvalue weighted by Gasteiger charge is -2.41. The van der Waals surface area contributed by atoms with E-state index in [1.807, 2.05) is 13.8 Å². The second-order valence-electron chi connectivity index (χ2n) is 12.0. The number of carbonyl (C=O) groups is 2. The van der Waals surface area contributed by atoms with Crippen molar-refractivity contribution in [3.05, 3.63) is 23.8 Å². The van der Waals surface area contributed by atoms with Crippen molar-refractivity contribution < 1.29 is 33.3 Å². The second kappa shape index (κ2) is 16.5. The molecule has 1 amide bonds. The fourth-order valence-corrected chi connectivity index (χ4v) is 5.84. The Hall–Kier alpha value is -1.94. The predicted molar refractivity (Wildman–Crippen MR) is 156 cm³/mol. The lowest BCUT2D eigenvalue weighted by Crippen LogP contribution is -2.50. The minimum absolute atomic E-state index is 0.0137. The van der Waals surface area contributed by atoms with E-state index in [0.29, 0.717) is 25.4 Å². The minimum atomic E-state index is -0.389. The maximum atomic E-state index is 12.9. The number of piperazine rings is 1. The van der Waals surface area contributed by atoms with Gasteiger partial charge in [0.1, 0.15) is 6.10 Å². The van der Waals surface area contributed by atoms with E-state index in [1.165, 1.54) is 7.11 Å². The van der Waals surface area contributed by atoms with E-state index in [-0.39, 0.29) is 60.5 Å². The Morgan fingerprint density at radius 3 is 2.45 bits per heavy atom. The fraction of sp³-hybridized carbons (Fsp3) is 0.806. The van der Waals surface area contributed by atoms with Crippen molar-refractivity contribution in [2.24, 2.45) is 11.8 Å². The summed E-state index contributed by atoms with van der Waals surface area (Å²) in [5.41, 5.74) is 0.723. The molecule has 0 aromatic heterocycles. The average Bonchev–Trinajstić information content (AvgIpc) is 2.90. The van der Waals surface area contributed by atoms with E-state index >= 15 is 0 Å². The van der Waals surface area contributed by atoms with Crippen LogP contribution < -0.4 is 5.32 Å². The minimum Gasteiger partial charge on any atom is -0.469 e. The van der Waals surface area contributed by atoms with Crippen LogP contribution in [0.1, 0.15) is 74.1 Å². The molecular weight excluding hydrogens is 512 g/mol. The van der Waals surface area contributed by atoms with E-state index in [0.717, 1.165) is 31.5 Å². The van der Waals surface area contributed by atoms with Crippen LogP contribution in [0.5, 0.6) is 0 Å². The quantitative estimate of drug-likeness (QED) is 0.249. The molecule has 1 N–H and O–H groups in total. The van der Waals surface area contributed by atoms with Crippen molar-refractivity contribution in [2.45, 2.75) is 110 Å². The lowest BCUT2D eigenvalue weighted by atomic mass is 9.85. The Balaban J connectivity index is 2.06. The fourth-order valence-electron chi connectivity index (χ4n) is 5.84. The topological polar surface area (TPSA) is 95.6 Å². The number of ether oxygens (including phenoxy) is 5. The van der Waals surface area contributed by atoms with E-state index < -0.39 is 0 Å². The average molecular weight is 567 g/mol. The van der Waals surface area contributed by atoms with Gasteiger partial charge in [-0.2, -0.15) is 0 Å². The summed E-state index contributed by atoms with van der Waals surface area (Å²) in [4.78, 5) is 26.7. The van der Waals surface area contributed by atoms with Gasteiger partial charge in [0, 0.05) is 45.6 Å². The van der Waals surface area contributed by atoms with Crippen LogP contribution in [0.15, 0.2) is 23.8 Å². The molecule has 2 aliphatic rings. The van der Waals surface area contributed by atoms with Gasteiger partial charge < -0.3 is 33.9 Å². The molecule has 0 bridgehead atoms. The number of carbonyl (C=O) groups excluding carboxylic acids is 2. The highest BCUT2D eigenvalue weighted by Gasteiger charge is 2.40. The summed E-state index contributed by atoms with van der Waals surface area (Å²) in [6.45, 7) is 17.4. The first-order chi connectivity index (χ1) is 18.9. The highest BCUT2D eigenvalue weighted by Crippen LogP contribution is 2.33. The molecule has 9 heteroatoms. The molecule has 230 valence electrons. The summed E-state index contributed by atoms with van der Waals surface area (Å²) in [6, 6.07) is 0. The standard InChI is InChI=1S/C31H54N2O7/c1-10-26(36-8)24(5)40-31(6,7)20-21(2)12-11-13-22(3)29-23(4)27(18-25(38-29)19-28(34)37-9)39-30(35)33-16-14-32-15-17-33/h11-13,21,23-27,29,32H,10,14-20H2,1-9H3/b12-11+,22-13+/t21-,23+,24?,25-,26+,27-,29-/m1/s1. The third kappa shape index (κ3) is 10.8. The first-order valence-corrected chi connectivity index (χ1v) is 14.8. The number of allylic oxidation sites excluding steroid dienone is 3. The molecule has 9 nitrogen and oxygen atoms in total. The van der Waals surface area contributed by atoms with Crippen molar-refractivity contribution in [2.75, 3.05) is 40.4 Å². The molecule has 0 saturated carbocycles. The van der Waals surface area contributed by atoms with E-state index in [1.54, 1.807) is 12.0 Å². The SMILES string of the molecule is CC[C@H](OC)C(C)OC(C)(C)C[C@H](C)/C=C/C=C(\C)[C@H]1O[C@@H](CC(=O)OC)C[C@@H](OC(=O)N2CCNCC2)[C@@H]1C. The van der Waals surface area contributed by atoms with Gasteiger partial charge in [0.15, 0.2) is 0 Å². The summed E-state index contributed by atoms with van der Waals surface area (Å²) in [6.07, 6.45) is 7.40. The Morgan fingerprint density at radius 1 is 1.18 bits per heavy atom. The van der Waals surface area contributed by atoms with Gasteiger partial charge in [-0.3, -0.25) is 4.79 Å². The monoisotopic (exact) mass is 566 g/mol. The van der Waals surface area contributed by atoms with Gasteiger partial charge in [0.2, 0.25) is 0 Å². The number of nitrogens with one attached hydrogen (secondary N) is 1. The Kier molecular flexibility index (Phi) is 14.1. The predicted octanol–water partition coefficient (Wildman–Crippen LogP) is 4.89. The number of hydrogen-bond acceptors (Lipinski definition) is 8. The molecular formula is C31H54N2O7. The summed E-state index contributed by atoms with van der Waals surface area (Å²) >= 11 is 0. The summed E-state index contributed by atoms with van der Waals surface area (Å²) in [5.74, 6) is -0.113. The Morgan fingerprint density at radius 2 is 1.85 bits per heavy atom. The molecule has 0 spiro atoms. The molecule has 7 atom stereocenters. The highest BCUT2D eigenvalue weighted by molar-refractivity contribution is 5.70. The Labute approximate surface area is 241 Å². The maximum absolute atomic E-state index is 12.9. The summed E-state index contributed by atoms with van der Waals surface area (Å²) in [5, 5.41) is 3.25. The second-order valence-corrected chi connectivity index (χ2v) is 12.0. The molecule has 2 aliphatic heterocycles. The van der Waals surface area contributed by atoms with Gasteiger partial charge in [-0.25, -0.2) is 4.79 Å². The number of nitrogens with zero attached hydrogens (tertiary/aromatic N) is 1. The molecule has 40 heavy (non-hydrogen) atoms. The summed E-state index contributed by atoms with van der Waals surface area (Å²) in [7, 11) is 3.10. The van der Waals surface area contributed by atoms with Crippen LogP contribution in [0, 0.1) is 11.8 Å². The van der Waals surface area contributed by atoms with Gasteiger partial charge in [-0.05, 0) is 52.0 Å². The first kappa shape index (κ1) is 34.3. The molecule has 2 saturated heterocycles. The number of esters is 1. The molecule has 1 unspecified atom stereocenters. The highest BCUT2D eigenvalue weighted by atomic mass is 16.6.